The van der Waals surface area contributed by atoms with Gasteiger partial charge in [-0.3, -0.25) is 0 Å². The fourth-order valence-corrected chi connectivity index (χ4v) is 2.04. The first-order valence-electron chi connectivity index (χ1n) is 6.94. The molecule has 0 fully saturated rings. The molecule has 2 aromatic rings. The molecular formula is C17H21FN2O. The van der Waals surface area contributed by atoms with Crippen LogP contribution in [-0.4, -0.2) is 4.98 Å². The maximum atomic E-state index is 13.2. The van der Waals surface area contributed by atoms with Crippen LogP contribution in [0.1, 0.15) is 37.5 Å². The Hall–Kier alpha value is -1.94. The second kappa shape index (κ2) is 5.82. The highest BCUT2D eigenvalue weighted by molar-refractivity contribution is 5.41. The second-order valence-electron chi connectivity index (χ2n) is 6.15. The molecular weight excluding hydrogens is 267 g/mol. The molecule has 21 heavy (non-hydrogen) atoms. The van der Waals surface area contributed by atoms with Crippen LogP contribution in [0.3, 0.4) is 0 Å². The summed E-state index contributed by atoms with van der Waals surface area (Å²) in [5.41, 5.74) is 8.48. The molecule has 0 atom stereocenters. The van der Waals surface area contributed by atoms with Crippen LogP contribution in [0.4, 0.5) is 4.39 Å². The highest BCUT2D eigenvalue weighted by Gasteiger charge is 2.15. The van der Waals surface area contributed by atoms with E-state index in [1.807, 2.05) is 19.1 Å². The van der Waals surface area contributed by atoms with Crippen molar-refractivity contribution < 1.29 is 9.13 Å². The van der Waals surface area contributed by atoms with Gasteiger partial charge in [-0.05, 0) is 35.6 Å². The molecule has 0 saturated heterocycles. The lowest BCUT2D eigenvalue weighted by molar-refractivity contribution is 0.448. The number of aryl methyl sites for hydroxylation is 1. The van der Waals surface area contributed by atoms with Crippen molar-refractivity contribution in [1.82, 2.24) is 4.98 Å². The number of nitrogens with two attached hydrogens (primary N) is 1. The molecule has 2 N–H and O–H groups in total. The predicted molar refractivity (Wildman–Crippen MR) is 82.0 cm³/mol. The third-order valence-corrected chi connectivity index (χ3v) is 3.36. The molecule has 112 valence electrons. The SMILES string of the molecule is Cc1cc(C(C)(C)C)ccc1Oc1ncc(F)cc1CN. The van der Waals surface area contributed by atoms with E-state index in [1.165, 1.54) is 11.6 Å². The van der Waals surface area contributed by atoms with E-state index in [0.29, 0.717) is 17.2 Å². The Morgan fingerprint density at radius 3 is 2.52 bits per heavy atom. The summed E-state index contributed by atoms with van der Waals surface area (Å²) in [6, 6.07) is 7.40. The second-order valence-corrected chi connectivity index (χ2v) is 6.15. The summed E-state index contributed by atoms with van der Waals surface area (Å²) in [6.07, 6.45) is 1.13. The van der Waals surface area contributed by atoms with Crippen molar-refractivity contribution in [2.45, 2.75) is 39.7 Å². The number of benzene rings is 1. The van der Waals surface area contributed by atoms with E-state index in [-0.39, 0.29) is 12.0 Å². The Morgan fingerprint density at radius 2 is 1.95 bits per heavy atom. The van der Waals surface area contributed by atoms with Gasteiger partial charge in [-0.1, -0.05) is 32.9 Å². The van der Waals surface area contributed by atoms with Crippen molar-refractivity contribution in [2.75, 3.05) is 0 Å². The van der Waals surface area contributed by atoms with Gasteiger partial charge < -0.3 is 10.5 Å². The normalized spacial score (nSPS) is 11.5. The average Bonchev–Trinajstić information content (AvgIpc) is 2.41. The summed E-state index contributed by atoms with van der Waals surface area (Å²) in [7, 11) is 0. The molecule has 0 saturated carbocycles. The molecule has 0 bridgehead atoms. The number of ether oxygens (including phenoxy) is 1. The lowest BCUT2D eigenvalue weighted by atomic mass is 9.86. The molecule has 1 aromatic carbocycles. The summed E-state index contributed by atoms with van der Waals surface area (Å²) >= 11 is 0. The highest BCUT2D eigenvalue weighted by atomic mass is 19.1. The molecule has 0 aliphatic heterocycles. The molecule has 1 heterocycles. The van der Waals surface area contributed by atoms with E-state index in [9.17, 15) is 4.39 Å². The third kappa shape index (κ3) is 3.58. The number of nitrogens with zero attached hydrogens (tertiary/aromatic N) is 1. The van der Waals surface area contributed by atoms with Crippen molar-refractivity contribution in [3.05, 3.63) is 53.0 Å². The molecule has 4 heteroatoms. The summed E-state index contributed by atoms with van der Waals surface area (Å²) < 4.78 is 19.0. The van der Waals surface area contributed by atoms with Gasteiger partial charge in [-0.15, -0.1) is 0 Å². The molecule has 0 unspecified atom stereocenters. The monoisotopic (exact) mass is 288 g/mol. The number of aromatic nitrogens is 1. The minimum Gasteiger partial charge on any atom is -0.438 e. The van der Waals surface area contributed by atoms with Gasteiger partial charge in [0, 0.05) is 12.1 Å². The van der Waals surface area contributed by atoms with E-state index in [4.69, 9.17) is 10.5 Å². The van der Waals surface area contributed by atoms with Gasteiger partial charge in [-0.25, -0.2) is 9.37 Å². The number of hydrogen-bond donors (Lipinski definition) is 1. The van der Waals surface area contributed by atoms with E-state index in [2.05, 4.69) is 31.8 Å². The topological polar surface area (TPSA) is 48.1 Å². The van der Waals surface area contributed by atoms with Gasteiger partial charge in [0.25, 0.3) is 0 Å². The number of rotatable bonds is 3. The third-order valence-electron chi connectivity index (χ3n) is 3.36. The van der Waals surface area contributed by atoms with Crippen molar-refractivity contribution in [3.63, 3.8) is 0 Å². The van der Waals surface area contributed by atoms with Crippen LogP contribution in [0.25, 0.3) is 0 Å². The average molecular weight is 288 g/mol. The van der Waals surface area contributed by atoms with E-state index < -0.39 is 5.82 Å². The number of hydrogen-bond acceptors (Lipinski definition) is 3. The molecule has 0 aliphatic rings. The van der Waals surface area contributed by atoms with Gasteiger partial charge in [0.05, 0.1) is 6.20 Å². The largest absolute Gasteiger partial charge is 0.438 e. The maximum Gasteiger partial charge on any atom is 0.223 e. The van der Waals surface area contributed by atoms with Crippen molar-refractivity contribution >= 4 is 0 Å². The Kier molecular flexibility index (Phi) is 4.28. The van der Waals surface area contributed by atoms with Crippen molar-refractivity contribution in [3.8, 4) is 11.6 Å². The number of pyridine rings is 1. The molecule has 3 nitrogen and oxygen atoms in total. The lowest BCUT2D eigenvalue weighted by Gasteiger charge is -2.20. The molecule has 0 spiro atoms. The first-order chi connectivity index (χ1) is 9.81. The standard InChI is InChI=1S/C17H21FN2O/c1-11-7-13(17(2,3)4)5-6-15(11)21-16-12(9-19)8-14(18)10-20-16/h5-8,10H,9,19H2,1-4H3. The predicted octanol–water partition coefficient (Wildman–Crippen LogP) is 4.08. The van der Waals surface area contributed by atoms with Crippen LogP contribution in [-0.2, 0) is 12.0 Å². The first kappa shape index (κ1) is 15.4. The summed E-state index contributed by atoms with van der Waals surface area (Å²) in [4.78, 5) is 3.98. The minimum absolute atomic E-state index is 0.0832. The Balaban J connectivity index is 2.32. The van der Waals surface area contributed by atoms with Crippen LogP contribution in [0.2, 0.25) is 0 Å². The zero-order chi connectivity index (χ0) is 15.6. The minimum atomic E-state index is -0.414. The van der Waals surface area contributed by atoms with Crippen LogP contribution in [0.15, 0.2) is 30.5 Å². The zero-order valence-electron chi connectivity index (χ0n) is 12.9. The van der Waals surface area contributed by atoms with Crippen molar-refractivity contribution in [1.29, 1.82) is 0 Å². The van der Waals surface area contributed by atoms with Crippen molar-refractivity contribution in [2.24, 2.45) is 5.73 Å². The lowest BCUT2D eigenvalue weighted by Crippen LogP contribution is -2.11. The Bertz CT molecular complexity index is 648. The first-order valence-corrected chi connectivity index (χ1v) is 6.94. The van der Waals surface area contributed by atoms with Crippen LogP contribution >= 0.6 is 0 Å². The van der Waals surface area contributed by atoms with E-state index in [0.717, 1.165) is 11.8 Å². The van der Waals surface area contributed by atoms with Gasteiger partial charge in [0.2, 0.25) is 5.88 Å². The summed E-state index contributed by atoms with van der Waals surface area (Å²) in [5, 5.41) is 0. The Labute approximate surface area is 125 Å². The van der Waals surface area contributed by atoms with Crippen LogP contribution < -0.4 is 10.5 Å². The molecule has 0 radical (unpaired) electrons. The molecule has 0 aliphatic carbocycles. The summed E-state index contributed by atoms with van der Waals surface area (Å²) in [6.45, 7) is 8.65. The van der Waals surface area contributed by atoms with Crippen LogP contribution in [0.5, 0.6) is 11.6 Å². The van der Waals surface area contributed by atoms with Gasteiger partial charge in [-0.2, -0.15) is 0 Å². The quantitative estimate of drug-likeness (QED) is 0.925. The van der Waals surface area contributed by atoms with Gasteiger partial charge >= 0.3 is 0 Å². The summed E-state index contributed by atoms with van der Waals surface area (Å²) in [5.74, 6) is 0.643. The van der Waals surface area contributed by atoms with Crippen LogP contribution in [0, 0.1) is 12.7 Å². The van der Waals surface area contributed by atoms with E-state index in [1.54, 1.807) is 0 Å². The molecule has 2 rings (SSSR count). The highest BCUT2D eigenvalue weighted by Crippen LogP contribution is 2.30. The zero-order valence-corrected chi connectivity index (χ0v) is 12.9. The van der Waals surface area contributed by atoms with Gasteiger partial charge in [0.15, 0.2) is 0 Å². The number of halogens is 1. The Morgan fingerprint density at radius 1 is 1.24 bits per heavy atom. The fourth-order valence-electron chi connectivity index (χ4n) is 2.04. The fraction of sp³-hybridized carbons (Fsp3) is 0.353. The van der Waals surface area contributed by atoms with Gasteiger partial charge in [0.1, 0.15) is 11.6 Å². The smallest absolute Gasteiger partial charge is 0.223 e. The molecule has 1 aromatic heterocycles. The molecule has 0 amide bonds. The van der Waals surface area contributed by atoms with E-state index >= 15 is 0 Å². The maximum absolute atomic E-state index is 13.2.